The quantitative estimate of drug-likeness (QED) is 0.663. The summed E-state index contributed by atoms with van der Waals surface area (Å²) in [5.41, 5.74) is 1.89. The Kier molecular flexibility index (Phi) is 3.48. The van der Waals surface area contributed by atoms with E-state index in [4.69, 9.17) is 9.15 Å². The van der Waals surface area contributed by atoms with E-state index >= 15 is 0 Å². The standard InChI is InChI=1S/C18H16O3/c1-12(2)21-14-7-5-6-13(10-14)18(19)16-11-20-17-9-4-3-8-15(16)17/h3-12H,1-2H3. The van der Waals surface area contributed by atoms with E-state index < -0.39 is 0 Å². The van der Waals surface area contributed by atoms with Crippen LogP contribution in [0.1, 0.15) is 29.8 Å². The fraction of sp³-hybridized carbons (Fsp3) is 0.167. The van der Waals surface area contributed by atoms with Gasteiger partial charge < -0.3 is 9.15 Å². The molecule has 3 heteroatoms. The predicted molar refractivity (Wildman–Crippen MR) is 81.9 cm³/mol. The van der Waals surface area contributed by atoms with Crippen LogP contribution in [0.15, 0.2) is 59.2 Å². The molecule has 3 rings (SSSR count). The zero-order valence-corrected chi connectivity index (χ0v) is 12.0. The van der Waals surface area contributed by atoms with E-state index in [0.717, 1.165) is 11.0 Å². The van der Waals surface area contributed by atoms with Crippen molar-refractivity contribution in [1.29, 1.82) is 0 Å². The molecular formula is C18H16O3. The first kappa shape index (κ1) is 13.4. The van der Waals surface area contributed by atoms with Crippen LogP contribution in [0.5, 0.6) is 5.75 Å². The van der Waals surface area contributed by atoms with Crippen molar-refractivity contribution in [3.8, 4) is 5.75 Å². The van der Waals surface area contributed by atoms with Gasteiger partial charge in [-0.15, -0.1) is 0 Å². The molecule has 1 heterocycles. The summed E-state index contributed by atoms with van der Waals surface area (Å²) in [4.78, 5) is 12.6. The van der Waals surface area contributed by atoms with Gasteiger partial charge in [-0.3, -0.25) is 4.79 Å². The van der Waals surface area contributed by atoms with Gasteiger partial charge in [0, 0.05) is 10.9 Å². The molecule has 0 N–H and O–H groups in total. The summed E-state index contributed by atoms with van der Waals surface area (Å²) in [5.74, 6) is 0.637. The van der Waals surface area contributed by atoms with Crippen LogP contribution in [0, 0.1) is 0 Å². The predicted octanol–water partition coefficient (Wildman–Crippen LogP) is 4.45. The van der Waals surface area contributed by atoms with Gasteiger partial charge in [-0.2, -0.15) is 0 Å². The van der Waals surface area contributed by atoms with Crippen LogP contribution < -0.4 is 4.74 Å². The molecule has 3 aromatic rings. The third kappa shape index (κ3) is 2.68. The van der Waals surface area contributed by atoms with E-state index in [9.17, 15) is 4.79 Å². The van der Waals surface area contributed by atoms with E-state index in [1.165, 1.54) is 6.26 Å². The van der Waals surface area contributed by atoms with Gasteiger partial charge in [-0.05, 0) is 32.0 Å². The summed E-state index contributed by atoms with van der Waals surface area (Å²) in [6.07, 6.45) is 1.59. The Labute approximate surface area is 123 Å². The molecule has 0 radical (unpaired) electrons. The molecule has 21 heavy (non-hydrogen) atoms. The van der Waals surface area contributed by atoms with E-state index in [1.54, 1.807) is 12.1 Å². The molecule has 3 nitrogen and oxygen atoms in total. The molecular weight excluding hydrogens is 264 g/mol. The lowest BCUT2D eigenvalue weighted by atomic mass is 10.0. The number of carbonyl (C=O) groups is 1. The fourth-order valence-corrected chi connectivity index (χ4v) is 2.29. The minimum absolute atomic E-state index is 0.0610. The normalized spacial score (nSPS) is 11.0. The Morgan fingerprint density at radius 2 is 1.90 bits per heavy atom. The highest BCUT2D eigenvalue weighted by Crippen LogP contribution is 2.24. The second kappa shape index (κ2) is 5.44. The number of ether oxygens (including phenoxy) is 1. The van der Waals surface area contributed by atoms with Gasteiger partial charge in [0.05, 0.1) is 11.7 Å². The van der Waals surface area contributed by atoms with Gasteiger partial charge in [-0.25, -0.2) is 0 Å². The molecule has 106 valence electrons. The highest BCUT2D eigenvalue weighted by Gasteiger charge is 2.16. The smallest absolute Gasteiger partial charge is 0.197 e. The number of ketones is 1. The number of carbonyl (C=O) groups excluding carboxylic acids is 1. The van der Waals surface area contributed by atoms with Gasteiger partial charge in [0.15, 0.2) is 5.78 Å². The average Bonchev–Trinajstić information content (AvgIpc) is 2.90. The van der Waals surface area contributed by atoms with Crippen LogP contribution >= 0.6 is 0 Å². The van der Waals surface area contributed by atoms with Crippen molar-refractivity contribution < 1.29 is 13.9 Å². The van der Waals surface area contributed by atoms with Crippen molar-refractivity contribution in [3.63, 3.8) is 0 Å². The van der Waals surface area contributed by atoms with Crippen LogP contribution in [0.25, 0.3) is 11.0 Å². The Morgan fingerprint density at radius 3 is 2.71 bits per heavy atom. The Balaban J connectivity index is 1.98. The maximum Gasteiger partial charge on any atom is 0.197 e. The summed E-state index contributed by atoms with van der Waals surface area (Å²) in [6, 6.07) is 14.8. The SMILES string of the molecule is CC(C)Oc1cccc(C(=O)c2coc3ccccc23)c1. The third-order valence-corrected chi connectivity index (χ3v) is 3.19. The van der Waals surface area contributed by atoms with Crippen molar-refractivity contribution >= 4 is 16.8 Å². The lowest BCUT2D eigenvalue weighted by molar-refractivity contribution is 0.103. The minimum atomic E-state index is -0.0610. The summed E-state index contributed by atoms with van der Waals surface area (Å²) in [7, 11) is 0. The second-order valence-electron chi connectivity index (χ2n) is 5.17. The highest BCUT2D eigenvalue weighted by atomic mass is 16.5. The minimum Gasteiger partial charge on any atom is -0.491 e. The van der Waals surface area contributed by atoms with E-state index in [-0.39, 0.29) is 11.9 Å². The molecule has 0 aliphatic rings. The molecule has 0 atom stereocenters. The Bertz CT molecular complexity index is 784. The summed E-state index contributed by atoms with van der Waals surface area (Å²) in [6.45, 7) is 3.91. The molecule has 0 bridgehead atoms. The first-order chi connectivity index (χ1) is 10.1. The Hall–Kier alpha value is -2.55. The number of hydrogen-bond acceptors (Lipinski definition) is 3. The van der Waals surface area contributed by atoms with Gasteiger partial charge in [-0.1, -0.05) is 30.3 Å². The highest BCUT2D eigenvalue weighted by molar-refractivity contribution is 6.15. The fourth-order valence-electron chi connectivity index (χ4n) is 2.29. The summed E-state index contributed by atoms with van der Waals surface area (Å²) >= 11 is 0. The van der Waals surface area contributed by atoms with Gasteiger partial charge in [0.2, 0.25) is 0 Å². The molecule has 0 saturated heterocycles. The third-order valence-electron chi connectivity index (χ3n) is 3.19. The van der Waals surface area contributed by atoms with E-state index in [1.807, 2.05) is 50.2 Å². The first-order valence-corrected chi connectivity index (χ1v) is 6.93. The van der Waals surface area contributed by atoms with Crippen molar-refractivity contribution in [3.05, 3.63) is 65.9 Å². The first-order valence-electron chi connectivity index (χ1n) is 6.93. The number of rotatable bonds is 4. The molecule has 0 unspecified atom stereocenters. The molecule has 0 spiro atoms. The lowest BCUT2D eigenvalue weighted by Crippen LogP contribution is -2.07. The van der Waals surface area contributed by atoms with Crippen molar-refractivity contribution in [2.75, 3.05) is 0 Å². The Morgan fingerprint density at radius 1 is 1.10 bits per heavy atom. The molecule has 1 aromatic heterocycles. The summed E-state index contributed by atoms with van der Waals surface area (Å²) in [5, 5.41) is 0.831. The molecule has 2 aromatic carbocycles. The molecule has 0 saturated carbocycles. The van der Waals surface area contributed by atoms with Crippen LogP contribution in [0.4, 0.5) is 0 Å². The zero-order valence-electron chi connectivity index (χ0n) is 12.0. The monoisotopic (exact) mass is 280 g/mol. The van der Waals surface area contributed by atoms with E-state index in [0.29, 0.717) is 16.9 Å². The number of furan rings is 1. The summed E-state index contributed by atoms with van der Waals surface area (Å²) < 4.78 is 11.1. The number of fused-ring (bicyclic) bond motifs is 1. The zero-order chi connectivity index (χ0) is 14.8. The van der Waals surface area contributed by atoms with Crippen LogP contribution in [0.3, 0.4) is 0 Å². The molecule has 0 amide bonds. The maximum absolute atomic E-state index is 12.6. The van der Waals surface area contributed by atoms with Gasteiger partial charge >= 0.3 is 0 Å². The van der Waals surface area contributed by atoms with Crippen molar-refractivity contribution in [2.45, 2.75) is 20.0 Å². The number of hydrogen-bond donors (Lipinski definition) is 0. The molecule has 0 fully saturated rings. The number of benzene rings is 2. The topological polar surface area (TPSA) is 39.4 Å². The van der Waals surface area contributed by atoms with E-state index in [2.05, 4.69) is 0 Å². The maximum atomic E-state index is 12.6. The van der Waals surface area contributed by atoms with Crippen molar-refractivity contribution in [1.82, 2.24) is 0 Å². The second-order valence-corrected chi connectivity index (χ2v) is 5.17. The van der Waals surface area contributed by atoms with Crippen LogP contribution in [-0.2, 0) is 0 Å². The van der Waals surface area contributed by atoms with Crippen molar-refractivity contribution in [2.24, 2.45) is 0 Å². The molecule has 0 aliphatic carbocycles. The largest absolute Gasteiger partial charge is 0.491 e. The van der Waals surface area contributed by atoms with Crippen LogP contribution in [0.2, 0.25) is 0 Å². The van der Waals surface area contributed by atoms with Gasteiger partial charge in [0.1, 0.15) is 17.6 Å². The van der Waals surface area contributed by atoms with Crippen LogP contribution in [-0.4, -0.2) is 11.9 Å². The number of para-hydroxylation sites is 1. The average molecular weight is 280 g/mol. The lowest BCUT2D eigenvalue weighted by Gasteiger charge is -2.10. The molecule has 0 aliphatic heterocycles. The van der Waals surface area contributed by atoms with Gasteiger partial charge in [0.25, 0.3) is 0 Å².